The maximum atomic E-state index is 5.68. The van der Waals surface area contributed by atoms with Crippen molar-refractivity contribution in [3.8, 4) is 16.5 Å². The highest BCUT2D eigenvalue weighted by molar-refractivity contribution is 7.13. The van der Waals surface area contributed by atoms with Crippen LogP contribution < -0.4 is 10.5 Å². The molecular formula is C14H12N2O2S. The Labute approximate surface area is 114 Å². The zero-order valence-corrected chi connectivity index (χ0v) is 10.9. The van der Waals surface area contributed by atoms with Crippen LogP contribution >= 0.6 is 11.3 Å². The fraction of sp³-hybridized carbons (Fsp3) is 0.0714. The molecule has 3 aromatic rings. The van der Waals surface area contributed by atoms with E-state index in [-0.39, 0.29) is 0 Å². The van der Waals surface area contributed by atoms with E-state index in [9.17, 15) is 0 Å². The molecule has 0 fully saturated rings. The fourth-order valence-electron chi connectivity index (χ4n) is 1.65. The molecule has 0 atom stereocenters. The molecule has 0 unspecified atom stereocenters. The molecule has 0 radical (unpaired) electrons. The van der Waals surface area contributed by atoms with E-state index in [1.54, 1.807) is 23.7 Å². The summed E-state index contributed by atoms with van der Waals surface area (Å²) in [6.07, 6.45) is 1.61. The van der Waals surface area contributed by atoms with Gasteiger partial charge in [-0.15, -0.1) is 11.3 Å². The average molecular weight is 272 g/mol. The minimum atomic E-state index is 0.359. The first-order valence-electron chi connectivity index (χ1n) is 5.78. The molecule has 0 saturated heterocycles. The van der Waals surface area contributed by atoms with Crippen molar-refractivity contribution in [3.63, 3.8) is 0 Å². The summed E-state index contributed by atoms with van der Waals surface area (Å²) in [5.41, 5.74) is 7.12. The summed E-state index contributed by atoms with van der Waals surface area (Å²) in [6, 6.07) is 11.2. The standard InChI is InChI=1S/C14H12N2O2S/c15-10-3-1-4-12(7-10)17-8-11-9-18-14(16-11)13-5-2-6-19-13/h1-7,9H,8,15H2. The largest absolute Gasteiger partial charge is 0.487 e. The number of benzene rings is 1. The van der Waals surface area contributed by atoms with Gasteiger partial charge >= 0.3 is 0 Å². The topological polar surface area (TPSA) is 61.3 Å². The van der Waals surface area contributed by atoms with Gasteiger partial charge in [0.2, 0.25) is 5.89 Å². The normalized spacial score (nSPS) is 10.5. The Morgan fingerprint density at radius 1 is 1.26 bits per heavy atom. The van der Waals surface area contributed by atoms with Crippen molar-refractivity contribution in [2.75, 3.05) is 5.73 Å². The van der Waals surface area contributed by atoms with E-state index >= 15 is 0 Å². The molecule has 0 bridgehead atoms. The summed E-state index contributed by atoms with van der Waals surface area (Å²) in [4.78, 5) is 5.39. The number of anilines is 1. The molecule has 19 heavy (non-hydrogen) atoms. The van der Waals surface area contributed by atoms with Crippen molar-refractivity contribution >= 4 is 17.0 Å². The maximum Gasteiger partial charge on any atom is 0.236 e. The van der Waals surface area contributed by atoms with E-state index in [4.69, 9.17) is 14.9 Å². The van der Waals surface area contributed by atoms with Gasteiger partial charge in [-0.25, -0.2) is 4.98 Å². The van der Waals surface area contributed by atoms with E-state index in [1.807, 2.05) is 35.7 Å². The summed E-state index contributed by atoms with van der Waals surface area (Å²) in [5.74, 6) is 1.35. The zero-order valence-electron chi connectivity index (χ0n) is 10.1. The van der Waals surface area contributed by atoms with Crippen LogP contribution in [0, 0.1) is 0 Å². The van der Waals surface area contributed by atoms with Gasteiger partial charge in [-0.2, -0.15) is 0 Å². The summed E-state index contributed by atoms with van der Waals surface area (Å²) >= 11 is 1.59. The quantitative estimate of drug-likeness (QED) is 0.738. The number of rotatable bonds is 4. The van der Waals surface area contributed by atoms with Gasteiger partial charge in [0, 0.05) is 11.8 Å². The van der Waals surface area contributed by atoms with Crippen LogP contribution in [0.25, 0.3) is 10.8 Å². The van der Waals surface area contributed by atoms with Gasteiger partial charge in [0.25, 0.3) is 0 Å². The predicted molar refractivity (Wildman–Crippen MR) is 75.0 cm³/mol. The van der Waals surface area contributed by atoms with E-state index in [1.165, 1.54) is 0 Å². The minimum Gasteiger partial charge on any atom is -0.487 e. The van der Waals surface area contributed by atoms with Gasteiger partial charge in [-0.3, -0.25) is 0 Å². The highest BCUT2D eigenvalue weighted by Crippen LogP contribution is 2.24. The second kappa shape index (κ2) is 5.16. The molecule has 2 N–H and O–H groups in total. The van der Waals surface area contributed by atoms with E-state index < -0.39 is 0 Å². The SMILES string of the molecule is Nc1cccc(OCc2coc(-c3cccs3)n2)c1. The Balaban J connectivity index is 1.68. The van der Waals surface area contributed by atoms with Crippen LogP contribution in [0.15, 0.2) is 52.5 Å². The molecule has 0 aliphatic heterocycles. The number of nitrogens with two attached hydrogens (primary N) is 1. The number of hydrogen-bond donors (Lipinski definition) is 1. The summed E-state index contributed by atoms with van der Waals surface area (Å²) in [6.45, 7) is 0.359. The average Bonchev–Trinajstić information content (AvgIpc) is 3.07. The first-order valence-corrected chi connectivity index (χ1v) is 6.66. The van der Waals surface area contributed by atoms with Crippen LogP contribution in [-0.4, -0.2) is 4.98 Å². The van der Waals surface area contributed by atoms with Crippen LogP contribution in [0.5, 0.6) is 5.75 Å². The maximum absolute atomic E-state index is 5.68. The Morgan fingerprint density at radius 2 is 2.21 bits per heavy atom. The second-order valence-electron chi connectivity index (χ2n) is 3.98. The predicted octanol–water partition coefficient (Wildman–Crippen LogP) is 3.56. The lowest BCUT2D eigenvalue weighted by Crippen LogP contribution is -1.96. The minimum absolute atomic E-state index is 0.359. The Morgan fingerprint density at radius 3 is 3.00 bits per heavy atom. The Hall–Kier alpha value is -2.27. The molecule has 0 amide bonds. The van der Waals surface area contributed by atoms with Gasteiger partial charge in [0.15, 0.2) is 0 Å². The van der Waals surface area contributed by atoms with Crippen molar-refractivity contribution in [1.82, 2.24) is 4.98 Å². The lowest BCUT2D eigenvalue weighted by Gasteiger charge is -2.03. The first-order chi connectivity index (χ1) is 9.31. The Kier molecular flexibility index (Phi) is 3.20. The van der Waals surface area contributed by atoms with E-state index in [0.29, 0.717) is 18.2 Å². The monoisotopic (exact) mass is 272 g/mol. The molecule has 1 aromatic carbocycles. The fourth-order valence-corrected chi connectivity index (χ4v) is 2.30. The van der Waals surface area contributed by atoms with Gasteiger partial charge < -0.3 is 14.9 Å². The molecule has 0 saturated carbocycles. The molecule has 2 aromatic heterocycles. The number of aromatic nitrogens is 1. The summed E-state index contributed by atoms with van der Waals surface area (Å²) in [5, 5.41) is 1.99. The summed E-state index contributed by atoms with van der Waals surface area (Å²) < 4.78 is 11.0. The van der Waals surface area contributed by atoms with Crippen LogP contribution in [0.1, 0.15) is 5.69 Å². The van der Waals surface area contributed by atoms with E-state index in [0.717, 1.165) is 16.3 Å². The summed E-state index contributed by atoms with van der Waals surface area (Å²) in [7, 11) is 0. The zero-order chi connectivity index (χ0) is 13.1. The third kappa shape index (κ3) is 2.77. The number of oxazole rings is 1. The molecule has 2 heterocycles. The molecule has 96 valence electrons. The van der Waals surface area contributed by atoms with Gasteiger partial charge in [0.05, 0.1) is 4.88 Å². The third-order valence-corrected chi connectivity index (χ3v) is 3.39. The lowest BCUT2D eigenvalue weighted by molar-refractivity contribution is 0.301. The number of thiophene rings is 1. The Bertz CT molecular complexity index is 662. The highest BCUT2D eigenvalue weighted by atomic mass is 32.1. The van der Waals surface area contributed by atoms with Crippen molar-refractivity contribution in [1.29, 1.82) is 0 Å². The lowest BCUT2D eigenvalue weighted by atomic mass is 10.3. The molecule has 3 rings (SSSR count). The van der Waals surface area contributed by atoms with Crippen LogP contribution in [-0.2, 0) is 6.61 Å². The first kappa shape index (κ1) is 11.8. The molecule has 0 aliphatic carbocycles. The number of nitrogen functional groups attached to an aromatic ring is 1. The molecule has 0 spiro atoms. The molecule has 0 aliphatic rings. The number of nitrogens with zero attached hydrogens (tertiary/aromatic N) is 1. The highest BCUT2D eigenvalue weighted by Gasteiger charge is 2.07. The number of ether oxygens (including phenoxy) is 1. The molecule has 5 heteroatoms. The van der Waals surface area contributed by atoms with E-state index in [2.05, 4.69) is 4.98 Å². The van der Waals surface area contributed by atoms with Crippen LogP contribution in [0.2, 0.25) is 0 Å². The third-order valence-electron chi connectivity index (χ3n) is 2.53. The van der Waals surface area contributed by atoms with Crippen molar-refractivity contribution in [3.05, 3.63) is 53.7 Å². The van der Waals surface area contributed by atoms with Gasteiger partial charge in [-0.05, 0) is 23.6 Å². The van der Waals surface area contributed by atoms with Gasteiger partial charge in [-0.1, -0.05) is 12.1 Å². The van der Waals surface area contributed by atoms with Gasteiger partial charge in [0.1, 0.15) is 24.3 Å². The molecular weight excluding hydrogens is 260 g/mol. The van der Waals surface area contributed by atoms with Crippen LogP contribution in [0.4, 0.5) is 5.69 Å². The van der Waals surface area contributed by atoms with Crippen molar-refractivity contribution < 1.29 is 9.15 Å². The smallest absolute Gasteiger partial charge is 0.236 e. The van der Waals surface area contributed by atoms with Crippen LogP contribution in [0.3, 0.4) is 0 Å². The molecule has 4 nitrogen and oxygen atoms in total. The van der Waals surface area contributed by atoms with Crippen molar-refractivity contribution in [2.45, 2.75) is 6.61 Å². The second-order valence-corrected chi connectivity index (χ2v) is 4.93. The number of hydrogen-bond acceptors (Lipinski definition) is 5. The van der Waals surface area contributed by atoms with Crippen molar-refractivity contribution in [2.24, 2.45) is 0 Å².